The summed E-state index contributed by atoms with van der Waals surface area (Å²) in [4.78, 5) is 10.7. The standard InChI is InChI=1S/C11H23NO/c1-4-5-6-7-8-11(2,3)9-10(12)13/h4-9H2,1-3H3,(H2,12,13). The Hall–Kier alpha value is -0.530. The van der Waals surface area contributed by atoms with Crippen molar-refractivity contribution in [3.63, 3.8) is 0 Å². The highest BCUT2D eigenvalue weighted by molar-refractivity contribution is 5.74. The maximum atomic E-state index is 10.7. The lowest BCUT2D eigenvalue weighted by Gasteiger charge is -2.22. The van der Waals surface area contributed by atoms with E-state index in [9.17, 15) is 4.79 Å². The highest BCUT2D eigenvalue weighted by Gasteiger charge is 2.19. The number of rotatable bonds is 7. The molecule has 0 spiro atoms. The lowest BCUT2D eigenvalue weighted by atomic mass is 9.83. The van der Waals surface area contributed by atoms with Crippen LogP contribution in [0.15, 0.2) is 0 Å². The zero-order valence-corrected chi connectivity index (χ0v) is 9.23. The van der Waals surface area contributed by atoms with Gasteiger partial charge in [-0.25, -0.2) is 0 Å². The molecule has 0 fully saturated rings. The number of hydrogen-bond donors (Lipinski definition) is 1. The fourth-order valence-electron chi connectivity index (χ4n) is 1.59. The van der Waals surface area contributed by atoms with Gasteiger partial charge in [0, 0.05) is 6.42 Å². The van der Waals surface area contributed by atoms with Crippen molar-refractivity contribution in [2.75, 3.05) is 0 Å². The Morgan fingerprint density at radius 1 is 1.23 bits per heavy atom. The number of hydrogen-bond acceptors (Lipinski definition) is 1. The number of unbranched alkanes of at least 4 members (excludes halogenated alkanes) is 3. The molecule has 0 bridgehead atoms. The first kappa shape index (κ1) is 12.5. The van der Waals surface area contributed by atoms with E-state index in [-0.39, 0.29) is 11.3 Å². The molecule has 2 heteroatoms. The van der Waals surface area contributed by atoms with Gasteiger partial charge in [0.25, 0.3) is 0 Å². The van der Waals surface area contributed by atoms with Gasteiger partial charge in [-0.15, -0.1) is 0 Å². The van der Waals surface area contributed by atoms with Crippen LogP contribution in [0.4, 0.5) is 0 Å². The minimum Gasteiger partial charge on any atom is -0.370 e. The second kappa shape index (κ2) is 6.01. The first-order valence-electron chi connectivity index (χ1n) is 5.26. The average Bonchev–Trinajstić information content (AvgIpc) is 1.95. The van der Waals surface area contributed by atoms with Crippen molar-refractivity contribution in [1.29, 1.82) is 0 Å². The highest BCUT2D eigenvalue weighted by Crippen LogP contribution is 2.27. The van der Waals surface area contributed by atoms with E-state index in [1.807, 2.05) is 0 Å². The Kier molecular flexibility index (Phi) is 5.76. The molecule has 0 saturated carbocycles. The predicted octanol–water partition coefficient (Wildman–Crippen LogP) is 2.86. The van der Waals surface area contributed by atoms with E-state index in [0.717, 1.165) is 6.42 Å². The smallest absolute Gasteiger partial charge is 0.217 e. The number of primary amides is 1. The molecule has 0 aliphatic carbocycles. The van der Waals surface area contributed by atoms with E-state index in [1.54, 1.807) is 0 Å². The summed E-state index contributed by atoms with van der Waals surface area (Å²) in [5.74, 6) is -0.180. The molecule has 0 atom stereocenters. The molecule has 2 nitrogen and oxygen atoms in total. The summed E-state index contributed by atoms with van der Waals surface area (Å²) in [5, 5.41) is 0. The molecule has 0 aromatic heterocycles. The van der Waals surface area contributed by atoms with Gasteiger partial charge >= 0.3 is 0 Å². The Bertz CT molecular complexity index is 152. The quantitative estimate of drug-likeness (QED) is 0.609. The third-order valence-corrected chi connectivity index (χ3v) is 2.36. The fraction of sp³-hybridized carbons (Fsp3) is 0.909. The van der Waals surface area contributed by atoms with E-state index < -0.39 is 0 Å². The van der Waals surface area contributed by atoms with Crippen LogP contribution in [0.25, 0.3) is 0 Å². The number of carbonyl (C=O) groups is 1. The summed E-state index contributed by atoms with van der Waals surface area (Å²) in [6.45, 7) is 6.43. The van der Waals surface area contributed by atoms with Gasteiger partial charge in [-0.05, 0) is 11.8 Å². The molecule has 0 saturated heterocycles. The van der Waals surface area contributed by atoms with E-state index in [4.69, 9.17) is 5.73 Å². The van der Waals surface area contributed by atoms with E-state index >= 15 is 0 Å². The first-order valence-corrected chi connectivity index (χ1v) is 5.26. The van der Waals surface area contributed by atoms with Crippen LogP contribution >= 0.6 is 0 Å². The van der Waals surface area contributed by atoms with Gasteiger partial charge in [-0.1, -0.05) is 46.5 Å². The molecule has 13 heavy (non-hydrogen) atoms. The third kappa shape index (κ3) is 7.82. The fourth-order valence-corrected chi connectivity index (χ4v) is 1.59. The second-order valence-electron chi connectivity index (χ2n) is 4.62. The summed E-state index contributed by atoms with van der Waals surface area (Å²) in [6.07, 6.45) is 6.67. The second-order valence-corrected chi connectivity index (χ2v) is 4.62. The van der Waals surface area contributed by atoms with E-state index in [0.29, 0.717) is 6.42 Å². The Labute approximate surface area is 81.9 Å². The topological polar surface area (TPSA) is 43.1 Å². The van der Waals surface area contributed by atoms with Gasteiger partial charge in [0.15, 0.2) is 0 Å². The van der Waals surface area contributed by atoms with Crippen LogP contribution in [0.1, 0.15) is 59.3 Å². The number of carbonyl (C=O) groups excluding carboxylic acids is 1. The monoisotopic (exact) mass is 185 g/mol. The Balaban J connectivity index is 3.56. The molecule has 2 N–H and O–H groups in total. The Morgan fingerprint density at radius 2 is 1.85 bits per heavy atom. The van der Waals surface area contributed by atoms with Crippen LogP contribution in [-0.4, -0.2) is 5.91 Å². The van der Waals surface area contributed by atoms with Crippen molar-refractivity contribution in [3.05, 3.63) is 0 Å². The van der Waals surface area contributed by atoms with Crippen LogP contribution in [0.5, 0.6) is 0 Å². The van der Waals surface area contributed by atoms with E-state index in [1.165, 1.54) is 25.7 Å². The largest absolute Gasteiger partial charge is 0.370 e. The maximum Gasteiger partial charge on any atom is 0.217 e. The average molecular weight is 185 g/mol. The van der Waals surface area contributed by atoms with Gasteiger partial charge < -0.3 is 5.73 Å². The van der Waals surface area contributed by atoms with Crippen LogP contribution < -0.4 is 5.73 Å². The minimum absolute atomic E-state index is 0.0968. The minimum atomic E-state index is -0.180. The summed E-state index contributed by atoms with van der Waals surface area (Å²) >= 11 is 0. The van der Waals surface area contributed by atoms with Crippen LogP contribution in [0.2, 0.25) is 0 Å². The summed E-state index contributed by atoms with van der Waals surface area (Å²) in [5.41, 5.74) is 5.27. The molecule has 78 valence electrons. The van der Waals surface area contributed by atoms with Crippen LogP contribution in [0, 0.1) is 5.41 Å². The number of amides is 1. The Morgan fingerprint density at radius 3 is 2.31 bits per heavy atom. The van der Waals surface area contributed by atoms with Gasteiger partial charge in [-0.2, -0.15) is 0 Å². The molecule has 1 amide bonds. The van der Waals surface area contributed by atoms with Crippen molar-refractivity contribution in [3.8, 4) is 0 Å². The molecular formula is C11H23NO. The zero-order valence-electron chi connectivity index (χ0n) is 9.23. The third-order valence-electron chi connectivity index (χ3n) is 2.36. The molecular weight excluding hydrogens is 162 g/mol. The van der Waals surface area contributed by atoms with Crippen molar-refractivity contribution < 1.29 is 4.79 Å². The molecule has 0 unspecified atom stereocenters. The van der Waals surface area contributed by atoms with Gasteiger partial charge in [-0.3, -0.25) is 4.79 Å². The summed E-state index contributed by atoms with van der Waals surface area (Å²) in [7, 11) is 0. The van der Waals surface area contributed by atoms with Crippen molar-refractivity contribution in [2.24, 2.45) is 11.1 Å². The molecule has 0 aliphatic rings. The first-order chi connectivity index (χ1) is 5.98. The SMILES string of the molecule is CCCCCCC(C)(C)CC(N)=O. The van der Waals surface area contributed by atoms with Crippen LogP contribution in [-0.2, 0) is 4.79 Å². The lowest BCUT2D eigenvalue weighted by molar-refractivity contribution is -0.120. The summed E-state index contributed by atoms with van der Waals surface area (Å²) < 4.78 is 0. The summed E-state index contributed by atoms with van der Waals surface area (Å²) in [6, 6.07) is 0. The highest BCUT2D eigenvalue weighted by atomic mass is 16.1. The van der Waals surface area contributed by atoms with Crippen molar-refractivity contribution in [1.82, 2.24) is 0 Å². The molecule has 0 aromatic rings. The molecule has 0 rings (SSSR count). The van der Waals surface area contributed by atoms with Gasteiger partial charge in [0.1, 0.15) is 0 Å². The lowest BCUT2D eigenvalue weighted by Crippen LogP contribution is -2.22. The normalized spacial score (nSPS) is 11.6. The predicted molar refractivity (Wildman–Crippen MR) is 56.4 cm³/mol. The maximum absolute atomic E-state index is 10.7. The van der Waals surface area contributed by atoms with Gasteiger partial charge in [0.05, 0.1) is 0 Å². The van der Waals surface area contributed by atoms with Crippen molar-refractivity contribution in [2.45, 2.75) is 59.3 Å². The molecule has 0 aliphatic heterocycles. The van der Waals surface area contributed by atoms with Crippen LogP contribution in [0.3, 0.4) is 0 Å². The molecule has 0 heterocycles. The zero-order chi connectivity index (χ0) is 10.3. The van der Waals surface area contributed by atoms with Crippen molar-refractivity contribution >= 4 is 5.91 Å². The number of nitrogens with two attached hydrogens (primary N) is 1. The van der Waals surface area contributed by atoms with Gasteiger partial charge in [0.2, 0.25) is 5.91 Å². The molecule has 0 radical (unpaired) electrons. The van der Waals surface area contributed by atoms with E-state index in [2.05, 4.69) is 20.8 Å². The molecule has 0 aromatic carbocycles.